The van der Waals surface area contributed by atoms with Crippen LogP contribution in [-0.4, -0.2) is 32.6 Å². The molecule has 1 amide bonds. The smallest absolute Gasteiger partial charge is 0.241 e. The lowest BCUT2D eigenvalue weighted by atomic mass is 10.1. The Balaban J connectivity index is 1.75. The average Bonchev–Trinajstić information content (AvgIpc) is 2.90. The fourth-order valence-corrected chi connectivity index (χ4v) is 1.78. The summed E-state index contributed by atoms with van der Waals surface area (Å²) >= 11 is 0. The van der Waals surface area contributed by atoms with E-state index >= 15 is 0 Å². The number of carbonyl (C=O) groups is 1. The van der Waals surface area contributed by atoms with E-state index in [1.807, 2.05) is 0 Å². The quantitative estimate of drug-likeness (QED) is 0.826. The Morgan fingerprint density at radius 1 is 1.43 bits per heavy atom. The van der Waals surface area contributed by atoms with Crippen molar-refractivity contribution in [1.82, 2.24) is 20.3 Å². The summed E-state index contributed by atoms with van der Waals surface area (Å²) in [5.41, 5.74) is 1.38. The Kier molecular flexibility index (Phi) is 4.99. The number of hydrogen-bond acceptors (Lipinski definition) is 4. The third-order valence-corrected chi connectivity index (χ3v) is 2.94. The Hall–Kier alpha value is -2.28. The lowest BCUT2D eigenvalue weighted by molar-refractivity contribution is -0.121. The van der Waals surface area contributed by atoms with Crippen LogP contribution in [0.1, 0.15) is 24.3 Å². The van der Waals surface area contributed by atoms with Crippen LogP contribution < -0.4 is 5.32 Å². The number of carbonyl (C=O) groups excluding carboxylic acids is 1. The first kappa shape index (κ1) is 15.1. The van der Waals surface area contributed by atoms with Gasteiger partial charge in [0.25, 0.3) is 0 Å². The summed E-state index contributed by atoms with van der Waals surface area (Å²) in [6.45, 7) is 2.09. The number of hydrogen-bond donors (Lipinski definition) is 2. The minimum atomic E-state index is -0.708. The van der Waals surface area contributed by atoms with Gasteiger partial charge in [-0.15, -0.1) is 5.10 Å². The Morgan fingerprint density at radius 3 is 2.76 bits per heavy atom. The van der Waals surface area contributed by atoms with Crippen LogP contribution in [0.3, 0.4) is 0 Å². The minimum absolute atomic E-state index is 0.0448. The molecule has 0 aliphatic carbocycles. The van der Waals surface area contributed by atoms with E-state index in [9.17, 15) is 14.3 Å². The van der Waals surface area contributed by atoms with Crippen molar-refractivity contribution in [3.05, 3.63) is 47.5 Å². The monoisotopic (exact) mass is 292 g/mol. The van der Waals surface area contributed by atoms with Crippen LogP contribution in [0.4, 0.5) is 4.39 Å². The summed E-state index contributed by atoms with van der Waals surface area (Å²) < 4.78 is 14.1. The lowest BCUT2D eigenvalue weighted by Gasteiger charge is -2.05. The summed E-state index contributed by atoms with van der Waals surface area (Å²) in [6, 6.07) is 6.16. The molecule has 0 aliphatic rings. The molecule has 1 unspecified atom stereocenters. The first-order chi connectivity index (χ1) is 10.0. The molecule has 112 valence electrons. The molecule has 0 aliphatic heterocycles. The van der Waals surface area contributed by atoms with Gasteiger partial charge in [0.05, 0.1) is 12.3 Å². The molecule has 0 saturated heterocycles. The zero-order valence-electron chi connectivity index (χ0n) is 11.7. The highest BCUT2D eigenvalue weighted by Gasteiger charge is 2.08. The normalized spacial score (nSPS) is 12.1. The van der Waals surface area contributed by atoms with E-state index in [-0.39, 0.29) is 18.3 Å². The van der Waals surface area contributed by atoms with Gasteiger partial charge in [-0.2, -0.15) is 0 Å². The van der Waals surface area contributed by atoms with Crippen LogP contribution in [0.25, 0.3) is 0 Å². The van der Waals surface area contributed by atoms with Crippen molar-refractivity contribution in [3.63, 3.8) is 0 Å². The number of nitrogens with one attached hydrogen (secondary N) is 1. The van der Waals surface area contributed by atoms with E-state index in [0.29, 0.717) is 18.7 Å². The van der Waals surface area contributed by atoms with Crippen molar-refractivity contribution < 1.29 is 14.3 Å². The number of aromatic nitrogens is 3. The molecule has 0 radical (unpaired) electrons. The number of aliphatic hydroxyl groups is 1. The predicted molar refractivity (Wildman–Crippen MR) is 73.8 cm³/mol. The van der Waals surface area contributed by atoms with Gasteiger partial charge in [-0.1, -0.05) is 17.3 Å². The molecule has 0 fully saturated rings. The van der Waals surface area contributed by atoms with Crippen LogP contribution in [-0.2, 0) is 17.8 Å². The Morgan fingerprint density at radius 2 is 2.14 bits per heavy atom. The van der Waals surface area contributed by atoms with Gasteiger partial charge in [0.1, 0.15) is 18.1 Å². The second-order valence-electron chi connectivity index (χ2n) is 4.74. The second-order valence-corrected chi connectivity index (χ2v) is 4.74. The van der Waals surface area contributed by atoms with E-state index in [1.54, 1.807) is 19.1 Å². The zero-order chi connectivity index (χ0) is 15.2. The highest BCUT2D eigenvalue weighted by atomic mass is 19.1. The number of nitrogens with zero attached hydrogens (tertiary/aromatic N) is 3. The molecule has 6 nitrogen and oxygen atoms in total. The largest absolute Gasteiger partial charge is 0.387 e. The van der Waals surface area contributed by atoms with Gasteiger partial charge in [-0.05, 0) is 31.0 Å². The maximum Gasteiger partial charge on any atom is 0.241 e. The van der Waals surface area contributed by atoms with E-state index in [1.165, 1.54) is 23.0 Å². The molecule has 0 bridgehead atoms. The van der Waals surface area contributed by atoms with E-state index in [4.69, 9.17) is 0 Å². The summed E-state index contributed by atoms with van der Waals surface area (Å²) in [7, 11) is 0. The summed E-state index contributed by atoms with van der Waals surface area (Å²) in [5.74, 6) is -0.470. The highest BCUT2D eigenvalue weighted by molar-refractivity contribution is 5.75. The second kappa shape index (κ2) is 6.94. The maximum atomic E-state index is 12.7. The van der Waals surface area contributed by atoms with Crippen molar-refractivity contribution in [2.75, 3.05) is 6.54 Å². The van der Waals surface area contributed by atoms with Crippen LogP contribution in [0.15, 0.2) is 30.5 Å². The highest BCUT2D eigenvalue weighted by Crippen LogP contribution is 2.06. The van der Waals surface area contributed by atoms with E-state index in [0.717, 1.165) is 5.56 Å². The molecular formula is C14H17FN4O2. The van der Waals surface area contributed by atoms with Crippen LogP contribution in [0.5, 0.6) is 0 Å². The number of aliphatic hydroxyl groups excluding tert-OH is 1. The van der Waals surface area contributed by atoms with Gasteiger partial charge in [0, 0.05) is 6.54 Å². The van der Waals surface area contributed by atoms with E-state index in [2.05, 4.69) is 15.6 Å². The maximum absolute atomic E-state index is 12.7. The van der Waals surface area contributed by atoms with Crippen molar-refractivity contribution in [3.8, 4) is 0 Å². The fourth-order valence-electron chi connectivity index (χ4n) is 1.78. The first-order valence-corrected chi connectivity index (χ1v) is 6.64. The molecule has 0 spiro atoms. The molecular weight excluding hydrogens is 275 g/mol. The molecule has 1 atom stereocenters. The van der Waals surface area contributed by atoms with Crippen molar-refractivity contribution in [2.24, 2.45) is 0 Å². The Bertz CT molecular complexity index is 595. The van der Waals surface area contributed by atoms with Gasteiger partial charge in [-0.3, -0.25) is 4.79 Å². The number of amides is 1. The average molecular weight is 292 g/mol. The molecule has 2 rings (SSSR count). The number of rotatable bonds is 6. The SMILES string of the molecule is CC(O)c1cn(CC(=O)NCCc2ccc(F)cc2)nn1. The predicted octanol–water partition coefficient (Wildman–Crippen LogP) is 0.829. The molecule has 2 aromatic rings. The van der Waals surface area contributed by atoms with Crippen LogP contribution >= 0.6 is 0 Å². The standard InChI is InChI=1S/C14H17FN4O2/c1-10(20)13-8-19(18-17-13)9-14(21)16-7-6-11-2-4-12(15)5-3-11/h2-5,8,10,20H,6-7,9H2,1H3,(H,16,21). The van der Waals surface area contributed by atoms with Crippen molar-refractivity contribution in [1.29, 1.82) is 0 Å². The third-order valence-electron chi connectivity index (χ3n) is 2.94. The molecule has 21 heavy (non-hydrogen) atoms. The van der Waals surface area contributed by atoms with Gasteiger partial charge in [0.2, 0.25) is 5.91 Å². The van der Waals surface area contributed by atoms with Gasteiger partial charge >= 0.3 is 0 Å². The molecule has 2 N–H and O–H groups in total. The molecule has 0 saturated carbocycles. The van der Waals surface area contributed by atoms with Gasteiger partial charge in [0.15, 0.2) is 0 Å². The van der Waals surface area contributed by atoms with Gasteiger partial charge in [-0.25, -0.2) is 9.07 Å². The van der Waals surface area contributed by atoms with Gasteiger partial charge < -0.3 is 10.4 Å². The topological polar surface area (TPSA) is 80.0 Å². The number of halogens is 1. The molecule has 1 aromatic carbocycles. The third kappa shape index (κ3) is 4.64. The molecule has 1 heterocycles. The summed E-state index contributed by atoms with van der Waals surface area (Å²) in [5, 5.41) is 19.6. The first-order valence-electron chi connectivity index (χ1n) is 6.64. The summed E-state index contributed by atoms with van der Waals surface area (Å²) in [6.07, 6.45) is 1.45. The van der Waals surface area contributed by atoms with Crippen molar-refractivity contribution >= 4 is 5.91 Å². The molecule has 7 heteroatoms. The Labute approximate surface area is 121 Å². The van der Waals surface area contributed by atoms with E-state index < -0.39 is 6.10 Å². The van der Waals surface area contributed by atoms with Crippen LogP contribution in [0.2, 0.25) is 0 Å². The minimum Gasteiger partial charge on any atom is -0.387 e. The summed E-state index contributed by atoms with van der Waals surface area (Å²) in [4.78, 5) is 11.7. The van der Waals surface area contributed by atoms with Crippen LogP contribution in [0, 0.1) is 5.82 Å². The van der Waals surface area contributed by atoms with Crippen molar-refractivity contribution in [2.45, 2.75) is 26.0 Å². The fraction of sp³-hybridized carbons (Fsp3) is 0.357. The lowest BCUT2D eigenvalue weighted by Crippen LogP contribution is -2.29. The number of benzene rings is 1. The molecule has 1 aromatic heterocycles. The zero-order valence-corrected chi connectivity index (χ0v) is 11.7.